The minimum atomic E-state index is -0.212. The lowest BCUT2D eigenvalue weighted by Gasteiger charge is -2.43. The molecule has 0 aromatic carbocycles. The molecule has 11 heavy (non-hydrogen) atoms. The molecule has 0 heterocycles. The SMILES string of the molecule is CCC1(CC2(O)CC2)CCC1. The van der Waals surface area contributed by atoms with Crippen LogP contribution >= 0.6 is 0 Å². The molecule has 0 aromatic heterocycles. The Morgan fingerprint density at radius 3 is 2.09 bits per heavy atom. The molecule has 1 heteroatoms. The first-order valence-corrected chi connectivity index (χ1v) is 4.91. The van der Waals surface area contributed by atoms with Crippen LogP contribution in [0.2, 0.25) is 0 Å². The van der Waals surface area contributed by atoms with E-state index in [1.165, 1.54) is 25.7 Å². The molecule has 0 spiro atoms. The van der Waals surface area contributed by atoms with Gasteiger partial charge in [-0.15, -0.1) is 0 Å². The van der Waals surface area contributed by atoms with Crippen molar-refractivity contribution < 1.29 is 5.11 Å². The smallest absolute Gasteiger partial charge is 0.0655 e. The van der Waals surface area contributed by atoms with E-state index in [9.17, 15) is 5.11 Å². The summed E-state index contributed by atoms with van der Waals surface area (Å²) in [5, 5.41) is 9.76. The highest BCUT2D eigenvalue weighted by molar-refractivity contribution is 5.01. The summed E-state index contributed by atoms with van der Waals surface area (Å²) in [6.45, 7) is 2.27. The third-order valence-electron chi connectivity index (χ3n) is 3.70. The highest BCUT2D eigenvalue weighted by Gasteiger charge is 2.48. The topological polar surface area (TPSA) is 20.2 Å². The van der Waals surface area contributed by atoms with Crippen LogP contribution in [0.15, 0.2) is 0 Å². The first-order chi connectivity index (χ1) is 5.18. The van der Waals surface area contributed by atoms with Gasteiger partial charge in [-0.3, -0.25) is 0 Å². The number of aliphatic hydroxyl groups is 1. The largest absolute Gasteiger partial charge is 0.390 e. The van der Waals surface area contributed by atoms with Gasteiger partial charge in [-0.1, -0.05) is 19.8 Å². The van der Waals surface area contributed by atoms with E-state index in [2.05, 4.69) is 6.92 Å². The van der Waals surface area contributed by atoms with Gasteiger partial charge < -0.3 is 5.11 Å². The van der Waals surface area contributed by atoms with E-state index in [1.807, 2.05) is 0 Å². The molecule has 0 saturated heterocycles. The lowest BCUT2D eigenvalue weighted by atomic mass is 9.63. The predicted molar refractivity (Wildman–Crippen MR) is 45.4 cm³/mol. The van der Waals surface area contributed by atoms with Crippen molar-refractivity contribution >= 4 is 0 Å². The van der Waals surface area contributed by atoms with E-state index in [0.717, 1.165) is 19.3 Å². The Hall–Kier alpha value is -0.0400. The van der Waals surface area contributed by atoms with Crippen LogP contribution in [0.4, 0.5) is 0 Å². The maximum absolute atomic E-state index is 9.76. The minimum absolute atomic E-state index is 0.212. The van der Waals surface area contributed by atoms with Crippen molar-refractivity contribution in [2.24, 2.45) is 5.41 Å². The lowest BCUT2D eigenvalue weighted by molar-refractivity contribution is 0.0229. The summed E-state index contributed by atoms with van der Waals surface area (Å²) in [6, 6.07) is 0. The molecule has 1 N–H and O–H groups in total. The van der Waals surface area contributed by atoms with Gasteiger partial charge in [0.05, 0.1) is 5.60 Å². The fourth-order valence-corrected chi connectivity index (χ4v) is 2.35. The van der Waals surface area contributed by atoms with Gasteiger partial charge in [-0.25, -0.2) is 0 Å². The Kier molecular flexibility index (Phi) is 1.54. The zero-order valence-electron chi connectivity index (χ0n) is 7.40. The van der Waals surface area contributed by atoms with Gasteiger partial charge in [0.1, 0.15) is 0 Å². The Labute approximate surface area is 68.8 Å². The number of rotatable bonds is 3. The second-order valence-corrected chi connectivity index (χ2v) is 4.61. The fraction of sp³-hybridized carbons (Fsp3) is 1.00. The van der Waals surface area contributed by atoms with Crippen molar-refractivity contribution in [1.82, 2.24) is 0 Å². The van der Waals surface area contributed by atoms with Gasteiger partial charge in [0, 0.05) is 0 Å². The van der Waals surface area contributed by atoms with Crippen LogP contribution in [0.1, 0.15) is 51.9 Å². The molecule has 64 valence electrons. The van der Waals surface area contributed by atoms with Gasteiger partial charge >= 0.3 is 0 Å². The maximum atomic E-state index is 9.76. The Balaban J connectivity index is 1.91. The van der Waals surface area contributed by atoms with E-state index in [4.69, 9.17) is 0 Å². The van der Waals surface area contributed by atoms with Crippen LogP contribution in [0.25, 0.3) is 0 Å². The van der Waals surface area contributed by atoms with Gasteiger partial charge in [0.25, 0.3) is 0 Å². The first-order valence-electron chi connectivity index (χ1n) is 4.91. The molecule has 2 aliphatic rings. The molecule has 2 fully saturated rings. The molecular formula is C10H18O. The van der Waals surface area contributed by atoms with Crippen molar-refractivity contribution in [3.63, 3.8) is 0 Å². The molecule has 2 aliphatic carbocycles. The van der Waals surface area contributed by atoms with Crippen molar-refractivity contribution in [1.29, 1.82) is 0 Å². The first kappa shape index (κ1) is 7.60. The van der Waals surface area contributed by atoms with Crippen molar-refractivity contribution in [3.8, 4) is 0 Å². The molecule has 0 amide bonds. The fourth-order valence-electron chi connectivity index (χ4n) is 2.35. The molecular weight excluding hydrogens is 136 g/mol. The number of hydrogen-bond donors (Lipinski definition) is 1. The van der Waals surface area contributed by atoms with E-state index < -0.39 is 0 Å². The van der Waals surface area contributed by atoms with Crippen molar-refractivity contribution in [2.45, 2.75) is 57.5 Å². The zero-order valence-corrected chi connectivity index (χ0v) is 7.40. The van der Waals surface area contributed by atoms with Gasteiger partial charge in [-0.2, -0.15) is 0 Å². The monoisotopic (exact) mass is 154 g/mol. The molecule has 0 unspecified atom stereocenters. The maximum Gasteiger partial charge on any atom is 0.0655 e. The van der Waals surface area contributed by atoms with E-state index >= 15 is 0 Å². The molecule has 0 radical (unpaired) electrons. The average Bonchev–Trinajstić information content (AvgIpc) is 2.60. The molecule has 1 nitrogen and oxygen atoms in total. The zero-order chi connectivity index (χ0) is 7.95. The summed E-state index contributed by atoms with van der Waals surface area (Å²) >= 11 is 0. The second-order valence-electron chi connectivity index (χ2n) is 4.61. The summed E-state index contributed by atoms with van der Waals surface area (Å²) < 4.78 is 0. The summed E-state index contributed by atoms with van der Waals surface area (Å²) in [7, 11) is 0. The van der Waals surface area contributed by atoms with Crippen LogP contribution < -0.4 is 0 Å². The predicted octanol–water partition coefficient (Wildman–Crippen LogP) is 2.48. The minimum Gasteiger partial charge on any atom is -0.390 e. The molecule has 0 atom stereocenters. The average molecular weight is 154 g/mol. The van der Waals surface area contributed by atoms with Crippen LogP contribution in [0.3, 0.4) is 0 Å². The molecule has 0 aliphatic heterocycles. The van der Waals surface area contributed by atoms with E-state index in [-0.39, 0.29) is 5.60 Å². The normalized spacial score (nSPS) is 31.1. The second kappa shape index (κ2) is 2.22. The third-order valence-corrected chi connectivity index (χ3v) is 3.70. The quantitative estimate of drug-likeness (QED) is 0.662. The van der Waals surface area contributed by atoms with Gasteiger partial charge in [0.15, 0.2) is 0 Å². The van der Waals surface area contributed by atoms with Gasteiger partial charge in [0.2, 0.25) is 0 Å². The standard InChI is InChI=1S/C10H18O/c1-2-9(4-3-5-9)8-10(11)6-7-10/h11H,2-8H2,1H3. The van der Waals surface area contributed by atoms with E-state index in [0.29, 0.717) is 5.41 Å². The summed E-state index contributed by atoms with van der Waals surface area (Å²) in [5.41, 5.74) is 0.349. The molecule has 0 bridgehead atoms. The molecule has 0 aromatic rings. The van der Waals surface area contributed by atoms with Crippen LogP contribution in [-0.4, -0.2) is 10.7 Å². The lowest BCUT2D eigenvalue weighted by Crippen LogP contribution is -2.33. The van der Waals surface area contributed by atoms with E-state index in [1.54, 1.807) is 0 Å². The Morgan fingerprint density at radius 1 is 1.18 bits per heavy atom. The molecule has 2 saturated carbocycles. The van der Waals surface area contributed by atoms with Crippen LogP contribution in [-0.2, 0) is 0 Å². The Bertz CT molecular complexity index is 149. The summed E-state index contributed by atoms with van der Waals surface area (Å²) in [4.78, 5) is 0. The van der Waals surface area contributed by atoms with Gasteiger partial charge in [-0.05, 0) is 37.5 Å². The van der Waals surface area contributed by atoms with Crippen molar-refractivity contribution in [2.75, 3.05) is 0 Å². The molecule has 2 rings (SSSR count). The van der Waals surface area contributed by atoms with Crippen LogP contribution in [0.5, 0.6) is 0 Å². The highest BCUT2D eigenvalue weighted by atomic mass is 16.3. The third kappa shape index (κ3) is 1.31. The summed E-state index contributed by atoms with van der Waals surface area (Å²) in [6.07, 6.45) is 8.62. The van der Waals surface area contributed by atoms with Crippen LogP contribution in [0, 0.1) is 5.41 Å². The van der Waals surface area contributed by atoms with Crippen molar-refractivity contribution in [3.05, 3.63) is 0 Å². The highest BCUT2D eigenvalue weighted by Crippen LogP contribution is 2.54. The number of hydrogen-bond acceptors (Lipinski definition) is 1. The Morgan fingerprint density at radius 2 is 1.82 bits per heavy atom. The summed E-state index contributed by atoms with van der Waals surface area (Å²) in [5.74, 6) is 0.